The average molecular weight is 361 g/mol. The molecule has 0 unspecified atom stereocenters. The Kier molecular flexibility index (Phi) is 5.22. The number of esters is 1. The van der Waals surface area contributed by atoms with Crippen LogP contribution in [0, 0.1) is 0 Å². The molecular formula is C18H23N3O3S. The summed E-state index contributed by atoms with van der Waals surface area (Å²) in [6.45, 7) is 3.42. The van der Waals surface area contributed by atoms with Gasteiger partial charge in [-0.2, -0.15) is 0 Å². The molecule has 6 nitrogen and oxygen atoms in total. The highest BCUT2D eigenvalue weighted by atomic mass is 32.1. The largest absolute Gasteiger partial charge is 0.465 e. The lowest BCUT2D eigenvalue weighted by molar-refractivity contribution is -0.142. The van der Waals surface area contributed by atoms with Gasteiger partial charge in [0.2, 0.25) is 0 Å². The van der Waals surface area contributed by atoms with Gasteiger partial charge in [0.15, 0.2) is 5.11 Å². The number of benzene rings is 1. The zero-order valence-corrected chi connectivity index (χ0v) is 15.2. The topological polar surface area (TPSA) is 61.9 Å². The summed E-state index contributed by atoms with van der Waals surface area (Å²) in [7, 11) is 0. The van der Waals surface area contributed by atoms with Crippen LogP contribution < -0.4 is 5.32 Å². The Morgan fingerprint density at radius 3 is 2.52 bits per heavy atom. The number of ether oxygens (including phenoxy) is 1. The Labute approximate surface area is 153 Å². The van der Waals surface area contributed by atoms with E-state index >= 15 is 0 Å². The number of hydrogen-bond donors (Lipinski definition) is 1. The van der Waals surface area contributed by atoms with Crippen molar-refractivity contribution in [3.05, 3.63) is 35.9 Å². The van der Waals surface area contributed by atoms with E-state index in [1.165, 1.54) is 0 Å². The molecule has 1 aromatic rings. The van der Waals surface area contributed by atoms with E-state index in [1.54, 1.807) is 16.9 Å². The van der Waals surface area contributed by atoms with Crippen LogP contribution in [0.25, 0.3) is 0 Å². The first-order valence-electron chi connectivity index (χ1n) is 8.67. The van der Waals surface area contributed by atoms with Gasteiger partial charge in [-0.3, -0.25) is 19.6 Å². The van der Waals surface area contributed by atoms with Crippen molar-refractivity contribution in [1.29, 1.82) is 0 Å². The highest BCUT2D eigenvalue weighted by molar-refractivity contribution is 7.80. The lowest BCUT2D eigenvalue weighted by atomic mass is 9.95. The summed E-state index contributed by atoms with van der Waals surface area (Å²) >= 11 is 5.39. The summed E-state index contributed by atoms with van der Waals surface area (Å²) in [6, 6.07) is 9.93. The maximum Gasteiger partial charge on any atom is 0.325 e. The van der Waals surface area contributed by atoms with Crippen molar-refractivity contribution in [1.82, 2.24) is 15.3 Å². The molecule has 1 heterocycles. The van der Waals surface area contributed by atoms with Gasteiger partial charge >= 0.3 is 5.97 Å². The minimum Gasteiger partial charge on any atom is -0.465 e. The molecule has 134 valence electrons. The van der Waals surface area contributed by atoms with Gasteiger partial charge in [0.1, 0.15) is 6.54 Å². The molecular weight excluding hydrogens is 338 g/mol. The van der Waals surface area contributed by atoms with Crippen molar-refractivity contribution < 1.29 is 14.3 Å². The lowest BCUT2D eigenvalue weighted by Crippen LogP contribution is -2.52. The second-order valence-corrected chi connectivity index (χ2v) is 6.70. The lowest BCUT2D eigenvalue weighted by Gasteiger charge is -2.33. The molecule has 1 aromatic carbocycles. The van der Waals surface area contributed by atoms with E-state index in [-0.39, 0.29) is 18.4 Å². The van der Waals surface area contributed by atoms with Gasteiger partial charge < -0.3 is 10.1 Å². The Morgan fingerprint density at radius 2 is 1.88 bits per heavy atom. The molecule has 1 N–H and O–H groups in total. The Morgan fingerprint density at radius 1 is 1.20 bits per heavy atom. The van der Waals surface area contributed by atoms with E-state index in [2.05, 4.69) is 5.32 Å². The summed E-state index contributed by atoms with van der Waals surface area (Å²) in [5, 5.41) is 6.80. The van der Waals surface area contributed by atoms with Crippen LogP contribution in [0.4, 0.5) is 0 Å². The smallest absolute Gasteiger partial charge is 0.325 e. The summed E-state index contributed by atoms with van der Waals surface area (Å²) in [4.78, 5) is 24.7. The van der Waals surface area contributed by atoms with Crippen molar-refractivity contribution in [2.24, 2.45) is 0 Å². The molecule has 7 heteroatoms. The number of hydrogen-bond acceptors (Lipinski definition) is 4. The molecule has 2 aliphatic rings. The standard InChI is InChI=1S/C18H23N3O3S/c1-2-24-15(22)13-19-17(25)21-12-6-11-20(21)16(23)18(9-10-18)14-7-4-3-5-8-14/h3-5,7-8H,2,6,9-13H2,1H3,(H,19,25). The minimum atomic E-state index is -0.416. The number of rotatable bonds is 5. The summed E-state index contributed by atoms with van der Waals surface area (Å²) in [5.74, 6) is -0.263. The Balaban J connectivity index is 1.66. The molecule has 1 aliphatic carbocycles. The summed E-state index contributed by atoms with van der Waals surface area (Å²) < 4.78 is 4.89. The molecule has 1 amide bonds. The van der Waals surface area contributed by atoms with Crippen LogP contribution in [0.15, 0.2) is 30.3 Å². The number of thiocarbonyl (C=S) groups is 1. The zero-order chi connectivity index (χ0) is 17.9. The molecule has 0 bridgehead atoms. The van der Waals surface area contributed by atoms with Crippen LogP contribution >= 0.6 is 12.2 Å². The highest BCUT2D eigenvalue weighted by Crippen LogP contribution is 2.50. The first-order valence-corrected chi connectivity index (χ1v) is 9.08. The van der Waals surface area contributed by atoms with Crippen LogP contribution in [0.1, 0.15) is 31.7 Å². The van der Waals surface area contributed by atoms with Crippen molar-refractivity contribution in [3.63, 3.8) is 0 Å². The van der Waals surface area contributed by atoms with Crippen molar-refractivity contribution in [2.45, 2.75) is 31.6 Å². The molecule has 2 fully saturated rings. The first kappa shape index (κ1) is 17.7. The predicted octanol–water partition coefficient (Wildman–Crippen LogP) is 1.61. The van der Waals surface area contributed by atoms with Gasteiger partial charge in [0.25, 0.3) is 5.91 Å². The molecule has 25 heavy (non-hydrogen) atoms. The number of carbonyl (C=O) groups excluding carboxylic acids is 2. The zero-order valence-electron chi connectivity index (χ0n) is 14.4. The molecule has 1 aliphatic heterocycles. The van der Waals surface area contributed by atoms with Crippen LogP contribution in [0.5, 0.6) is 0 Å². The SMILES string of the molecule is CCOC(=O)CNC(=S)N1CCCN1C(=O)C1(c2ccccc2)CC1. The van der Waals surface area contributed by atoms with Gasteiger partial charge in [0.05, 0.1) is 12.0 Å². The van der Waals surface area contributed by atoms with E-state index in [0.29, 0.717) is 24.8 Å². The number of nitrogens with zero attached hydrogens (tertiary/aromatic N) is 2. The second-order valence-electron chi connectivity index (χ2n) is 6.32. The Hall–Kier alpha value is -2.15. The fraction of sp³-hybridized carbons (Fsp3) is 0.500. The van der Waals surface area contributed by atoms with Crippen LogP contribution in [-0.2, 0) is 19.7 Å². The third kappa shape index (κ3) is 3.61. The summed E-state index contributed by atoms with van der Waals surface area (Å²) in [5.41, 5.74) is 0.651. The van der Waals surface area contributed by atoms with E-state index < -0.39 is 5.41 Å². The number of amides is 1. The van der Waals surface area contributed by atoms with E-state index in [4.69, 9.17) is 17.0 Å². The minimum absolute atomic E-state index is 0.00896. The second kappa shape index (κ2) is 7.39. The molecule has 3 rings (SSSR count). The molecule has 0 spiro atoms. The average Bonchev–Trinajstić information content (AvgIpc) is 3.30. The molecule has 0 atom stereocenters. The molecule has 0 radical (unpaired) electrons. The van der Waals surface area contributed by atoms with Gasteiger partial charge in [0, 0.05) is 13.1 Å². The van der Waals surface area contributed by atoms with E-state index in [0.717, 1.165) is 24.8 Å². The third-order valence-electron chi connectivity index (χ3n) is 4.68. The number of carbonyl (C=O) groups is 2. The fourth-order valence-electron chi connectivity index (χ4n) is 3.24. The van der Waals surface area contributed by atoms with E-state index in [9.17, 15) is 9.59 Å². The third-order valence-corrected chi connectivity index (χ3v) is 5.03. The van der Waals surface area contributed by atoms with E-state index in [1.807, 2.05) is 30.3 Å². The van der Waals surface area contributed by atoms with Gasteiger partial charge in [-0.25, -0.2) is 0 Å². The summed E-state index contributed by atoms with van der Waals surface area (Å²) in [6.07, 6.45) is 2.59. The number of hydrazine groups is 1. The fourth-order valence-corrected chi connectivity index (χ4v) is 3.50. The van der Waals surface area contributed by atoms with Crippen molar-refractivity contribution >= 4 is 29.2 Å². The van der Waals surface area contributed by atoms with Gasteiger partial charge in [-0.05, 0) is 44.0 Å². The monoisotopic (exact) mass is 361 g/mol. The maximum atomic E-state index is 13.2. The molecule has 0 aromatic heterocycles. The van der Waals surface area contributed by atoms with Crippen molar-refractivity contribution in [2.75, 3.05) is 26.2 Å². The molecule has 1 saturated carbocycles. The highest BCUT2D eigenvalue weighted by Gasteiger charge is 2.54. The normalized spacial score (nSPS) is 18.0. The van der Waals surface area contributed by atoms with Crippen LogP contribution in [0.2, 0.25) is 0 Å². The molecule has 1 saturated heterocycles. The van der Waals surface area contributed by atoms with Crippen molar-refractivity contribution in [3.8, 4) is 0 Å². The van der Waals surface area contributed by atoms with Crippen LogP contribution in [-0.4, -0.2) is 53.2 Å². The van der Waals surface area contributed by atoms with Crippen LogP contribution in [0.3, 0.4) is 0 Å². The predicted molar refractivity (Wildman–Crippen MR) is 97.6 cm³/mol. The quantitative estimate of drug-likeness (QED) is 0.635. The van der Waals surface area contributed by atoms with Gasteiger partial charge in [-0.1, -0.05) is 30.3 Å². The maximum absolute atomic E-state index is 13.2. The Bertz CT molecular complexity index is 661. The first-order chi connectivity index (χ1) is 12.1. The van der Waals surface area contributed by atoms with Gasteiger partial charge in [-0.15, -0.1) is 0 Å². The number of nitrogens with one attached hydrogen (secondary N) is 1.